The number of methoxy groups -OCH3 is 1. The predicted octanol–water partition coefficient (Wildman–Crippen LogP) is 5.35. The van der Waals surface area contributed by atoms with Crippen molar-refractivity contribution in [1.29, 1.82) is 0 Å². The average molecular weight is 456 g/mol. The molecule has 4 aromatic rings. The lowest BCUT2D eigenvalue weighted by atomic mass is 10.1. The lowest BCUT2D eigenvalue weighted by Crippen LogP contribution is -2.33. The maximum atomic E-state index is 5.64. The highest BCUT2D eigenvalue weighted by molar-refractivity contribution is 7.95. The van der Waals surface area contributed by atoms with Gasteiger partial charge in [-0.1, -0.05) is 54.6 Å². The fraction of sp³-hybridized carbons (Fsp3) is 0.172. The van der Waals surface area contributed by atoms with Gasteiger partial charge in [-0.05, 0) is 66.9 Å². The van der Waals surface area contributed by atoms with Crippen LogP contribution in [0.4, 0.5) is 0 Å². The van der Waals surface area contributed by atoms with E-state index < -0.39 is 7.26 Å². The van der Waals surface area contributed by atoms with Gasteiger partial charge in [0.1, 0.15) is 23.2 Å². The van der Waals surface area contributed by atoms with Crippen LogP contribution < -0.4 is 30.1 Å². The lowest BCUT2D eigenvalue weighted by Gasteiger charge is -2.27. The zero-order chi connectivity index (χ0) is 22.5. The summed E-state index contributed by atoms with van der Waals surface area (Å²) in [5.74, 6) is 2.23. The van der Waals surface area contributed by atoms with Gasteiger partial charge in [0.25, 0.3) is 0 Å². The molecular formula is C29H28O3P+. The van der Waals surface area contributed by atoms with E-state index in [2.05, 4.69) is 103 Å². The van der Waals surface area contributed by atoms with Crippen LogP contribution in [0.1, 0.15) is 12.0 Å². The van der Waals surface area contributed by atoms with Crippen LogP contribution in [0, 0.1) is 0 Å². The zero-order valence-corrected chi connectivity index (χ0v) is 19.7. The molecule has 33 heavy (non-hydrogen) atoms. The van der Waals surface area contributed by atoms with Gasteiger partial charge >= 0.3 is 0 Å². The van der Waals surface area contributed by atoms with E-state index in [0.717, 1.165) is 30.5 Å². The minimum absolute atomic E-state index is 0.250. The van der Waals surface area contributed by atoms with Crippen molar-refractivity contribution in [1.82, 2.24) is 0 Å². The molecule has 0 bridgehead atoms. The summed E-state index contributed by atoms with van der Waals surface area (Å²) < 4.78 is 16.8. The third kappa shape index (κ3) is 4.21. The second-order valence-electron chi connectivity index (χ2n) is 8.18. The Labute approximate surface area is 196 Å². The summed E-state index contributed by atoms with van der Waals surface area (Å²) in [5, 5.41) is 4.27. The second kappa shape index (κ2) is 9.68. The highest BCUT2D eigenvalue weighted by Crippen LogP contribution is 2.56. The highest BCUT2D eigenvalue weighted by Gasteiger charge is 2.44. The lowest BCUT2D eigenvalue weighted by molar-refractivity contribution is 0.171. The van der Waals surface area contributed by atoms with E-state index in [-0.39, 0.29) is 6.79 Å². The standard InChI is InChI=1S/C29H28O3P/c1-30-27-20-23(21-28-29(27)32-22-31-28)12-11-19-33(24-13-5-2-6-14-24,25-15-7-3-8-16-25)26-17-9-4-10-18-26/h2-10,13-18,20-21H,11-12,19,22H2,1H3/q+1. The molecule has 0 atom stereocenters. The van der Waals surface area contributed by atoms with Gasteiger partial charge < -0.3 is 14.2 Å². The van der Waals surface area contributed by atoms with E-state index in [1.54, 1.807) is 7.11 Å². The van der Waals surface area contributed by atoms with Crippen LogP contribution in [-0.2, 0) is 6.42 Å². The van der Waals surface area contributed by atoms with Crippen molar-refractivity contribution >= 4 is 23.2 Å². The summed E-state index contributed by atoms with van der Waals surface area (Å²) in [6.07, 6.45) is 3.08. The Morgan fingerprint density at radius 1 is 0.727 bits per heavy atom. The van der Waals surface area contributed by atoms with Crippen LogP contribution in [-0.4, -0.2) is 20.1 Å². The highest BCUT2D eigenvalue weighted by atomic mass is 31.2. The molecule has 0 N–H and O–H groups in total. The number of hydrogen-bond donors (Lipinski definition) is 0. The molecule has 4 aromatic carbocycles. The molecule has 0 radical (unpaired) electrons. The third-order valence-electron chi connectivity index (χ3n) is 6.27. The van der Waals surface area contributed by atoms with Crippen LogP contribution in [0.2, 0.25) is 0 Å². The molecule has 166 valence electrons. The van der Waals surface area contributed by atoms with Crippen molar-refractivity contribution in [2.75, 3.05) is 20.1 Å². The minimum atomic E-state index is -1.81. The summed E-state index contributed by atoms with van der Waals surface area (Å²) in [7, 11) is -0.134. The summed E-state index contributed by atoms with van der Waals surface area (Å²) in [5.41, 5.74) is 1.21. The topological polar surface area (TPSA) is 27.7 Å². The number of benzene rings is 4. The molecule has 0 unspecified atom stereocenters. The quantitative estimate of drug-likeness (QED) is 0.335. The normalized spacial score (nSPS) is 12.5. The predicted molar refractivity (Wildman–Crippen MR) is 137 cm³/mol. The van der Waals surface area contributed by atoms with Crippen molar-refractivity contribution in [3.8, 4) is 17.2 Å². The minimum Gasteiger partial charge on any atom is -0.493 e. The van der Waals surface area contributed by atoms with Gasteiger partial charge in [0.15, 0.2) is 11.5 Å². The molecule has 0 aliphatic carbocycles. The van der Waals surface area contributed by atoms with Crippen molar-refractivity contribution in [3.63, 3.8) is 0 Å². The number of aryl methyl sites for hydroxylation is 1. The Kier molecular flexibility index (Phi) is 6.32. The summed E-state index contributed by atoms with van der Waals surface area (Å²) >= 11 is 0. The van der Waals surface area contributed by atoms with Gasteiger partial charge in [0, 0.05) is 0 Å². The fourth-order valence-electron chi connectivity index (χ4n) is 4.73. The average Bonchev–Trinajstić information content (AvgIpc) is 3.37. The monoisotopic (exact) mass is 455 g/mol. The first kappa shape index (κ1) is 21.6. The summed E-state index contributed by atoms with van der Waals surface area (Å²) in [6, 6.07) is 37.3. The molecule has 4 heteroatoms. The van der Waals surface area contributed by atoms with Crippen LogP contribution >= 0.6 is 7.26 Å². The van der Waals surface area contributed by atoms with Crippen molar-refractivity contribution < 1.29 is 14.2 Å². The van der Waals surface area contributed by atoms with E-state index in [4.69, 9.17) is 14.2 Å². The molecule has 1 aliphatic heterocycles. The maximum absolute atomic E-state index is 5.64. The number of ether oxygens (including phenoxy) is 3. The van der Waals surface area contributed by atoms with Crippen LogP contribution in [0.25, 0.3) is 0 Å². The molecule has 0 spiro atoms. The van der Waals surface area contributed by atoms with Gasteiger partial charge in [-0.25, -0.2) is 0 Å². The molecule has 0 saturated carbocycles. The smallest absolute Gasteiger partial charge is 0.231 e. The Hall–Kier alpha value is -3.29. The zero-order valence-electron chi connectivity index (χ0n) is 18.8. The maximum Gasteiger partial charge on any atom is 0.231 e. The van der Waals surface area contributed by atoms with Crippen molar-refractivity contribution in [2.24, 2.45) is 0 Å². The van der Waals surface area contributed by atoms with Gasteiger partial charge in [-0.2, -0.15) is 0 Å². The van der Waals surface area contributed by atoms with E-state index >= 15 is 0 Å². The first-order chi connectivity index (χ1) is 16.3. The first-order valence-electron chi connectivity index (χ1n) is 11.3. The molecule has 0 amide bonds. The number of fused-ring (bicyclic) bond motifs is 1. The fourth-order valence-corrected chi connectivity index (χ4v) is 9.08. The Morgan fingerprint density at radius 2 is 1.27 bits per heavy atom. The van der Waals surface area contributed by atoms with Crippen LogP contribution in [0.15, 0.2) is 103 Å². The Balaban J connectivity index is 1.52. The van der Waals surface area contributed by atoms with Crippen molar-refractivity contribution in [2.45, 2.75) is 12.8 Å². The SMILES string of the molecule is COc1cc(CCC[P+](c2ccccc2)(c2ccccc2)c2ccccc2)cc2c1OCO2. The van der Waals surface area contributed by atoms with Gasteiger partial charge in [0.2, 0.25) is 12.5 Å². The second-order valence-corrected chi connectivity index (χ2v) is 11.8. The van der Waals surface area contributed by atoms with Crippen LogP contribution in [0.5, 0.6) is 17.2 Å². The largest absolute Gasteiger partial charge is 0.493 e. The molecular weight excluding hydrogens is 427 g/mol. The molecule has 0 aromatic heterocycles. The van der Waals surface area contributed by atoms with Crippen molar-refractivity contribution in [3.05, 3.63) is 109 Å². The van der Waals surface area contributed by atoms with Gasteiger partial charge in [-0.15, -0.1) is 0 Å². The summed E-state index contributed by atoms with van der Waals surface area (Å²) in [6.45, 7) is 0.250. The van der Waals surface area contributed by atoms with E-state index in [1.807, 2.05) is 0 Å². The Morgan fingerprint density at radius 3 is 1.79 bits per heavy atom. The third-order valence-corrected chi connectivity index (χ3v) is 10.8. The first-order valence-corrected chi connectivity index (χ1v) is 13.3. The summed E-state index contributed by atoms with van der Waals surface area (Å²) in [4.78, 5) is 0. The van der Waals surface area contributed by atoms with Gasteiger partial charge in [-0.3, -0.25) is 0 Å². The molecule has 3 nitrogen and oxygen atoms in total. The molecule has 0 saturated heterocycles. The molecule has 1 heterocycles. The van der Waals surface area contributed by atoms with E-state index in [0.29, 0.717) is 5.75 Å². The van der Waals surface area contributed by atoms with Crippen LogP contribution in [0.3, 0.4) is 0 Å². The van der Waals surface area contributed by atoms with E-state index in [1.165, 1.54) is 21.5 Å². The molecule has 5 rings (SSSR count). The molecule has 0 fully saturated rings. The number of rotatable bonds is 8. The molecule has 1 aliphatic rings. The van der Waals surface area contributed by atoms with E-state index in [9.17, 15) is 0 Å². The van der Waals surface area contributed by atoms with Gasteiger partial charge in [0.05, 0.1) is 13.3 Å². The number of hydrogen-bond acceptors (Lipinski definition) is 3. The Bertz CT molecular complexity index is 1100.